The fraction of sp³-hybridized carbons (Fsp3) is 0.500. The van der Waals surface area contributed by atoms with Crippen molar-refractivity contribution in [3.8, 4) is 0 Å². The number of aromatic amines is 1. The predicted molar refractivity (Wildman–Crippen MR) is 153 cm³/mol. The number of hydrogen-bond acceptors (Lipinski definition) is 4. The molecule has 4 aromatic rings. The Morgan fingerprint density at radius 3 is 2.76 bits per heavy atom. The number of unbranched alkanes of at least 4 members (excludes halogenated alkanes) is 1. The number of anilines is 1. The lowest BCUT2D eigenvalue weighted by Gasteiger charge is -2.37. The molecule has 1 fully saturated rings. The van der Waals surface area contributed by atoms with Crippen LogP contribution >= 0.6 is 0 Å². The van der Waals surface area contributed by atoms with Crippen LogP contribution in [-0.2, 0) is 6.54 Å². The Morgan fingerprint density at radius 2 is 2.03 bits per heavy atom. The van der Waals surface area contributed by atoms with Crippen molar-refractivity contribution < 1.29 is 9.90 Å². The summed E-state index contributed by atoms with van der Waals surface area (Å²) in [6, 6.07) is 12.7. The van der Waals surface area contributed by atoms with Crippen molar-refractivity contribution in [3.05, 3.63) is 54.4 Å². The van der Waals surface area contributed by atoms with E-state index in [0.29, 0.717) is 24.2 Å². The second-order valence-electron chi connectivity index (χ2n) is 10.9. The minimum Gasteiger partial charge on any atom is -0.465 e. The number of pyridine rings is 1. The molecule has 1 saturated heterocycles. The molecule has 8 heteroatoms. The number of piperidine rings is 1. The SMILES string of the molecule is CCCC[C@H](CC)CN(C(=O)O)c1nn([C@H]2CN(Cc3ccccc3)CC[C@@H]2C)c2c1cnc1[nH]ccc12. The first-order valence-corrected chi connectivity index (χ1v) is 14.1. The molecular formula is C30H40N6O2. The third-order valence-corrected chi connectivity index (χ3v) is 8.27. The van der Waals surface area contributed by atoms with Crippen molar-refractivity contribution in [1.82, 2.24) is 24.6 Å². The molecule has 3 aromatic heterocycles. The predicted octanol–water partition coefficient (Wildman–Crippen LogP) is 6.70. The molecule has 5 rings (SSSR count). The van der Waals surface area contributed by atoms with Crippen molar-refractivity contribution >= 4 is 33.8 Å². The zero-order valence-corrected chi connectivity index (χ0v) is 22.8. The van der Waals surface area contributed by atoms with Gasteiger partial charge in [0, 0.05) is 37.4 Å². The van der Waals surface area contributed by atoms with Crippen molar-refractivity contribution in [2.75, 3.05) is 24.5 Å². The molecule has 2 N–H and O–H groups in total. The summed E-state index contributed by atoms with van der Waals surface area (Å²) in [6.07, 6.45) is 7.97. The molecule has 8 nitrogen and oxygen atoms in total. The molecule has 202 valence electrons. The van der Waals surface area contributed by atoms with Crippen molar-refractivity contribution in [2.24, 2.45) is 11.8 Å². The molecule has 0 bridgehead atoms. The van der Waals surface area contributed by atoms with Crippen LogP contribution in [0.3, 0.4) is 0 Å². The molecule has 38 heavy (non-hydrogen) atoms. The van der Waals surface area contributed by atoms with E-state index >= 15 is 0 Å². The Labute approximate surface area is 224 Å². The van der Waals surface area contributed by atoms with E-state index in [1.807, 2.05) is 12.3 Å². The number of rotatable bonds is 10. The smallest absolute Gasteiger partial charge is 0.413 e. The summed E-state index contributed by atoms with van der Waals surface area (Å²) in [4.78, 5) is 24.5. The van der Waals surface area contributed by atoms with Gasteiger partial charge in [-0.25, -0.2) is 9.78 Å². The lowest BCUT2D eigenvalue weighted by atomic mass is 9.93. The van der Waals surface area contributed by atoms with Gasteiger partial charge in [-0.3, -0.25) is 14.5 Å². The molecule has 0 aliphatic carbocycles. The number of benzene rings is 1. The highest BCUT2D eigenvalue weighted by Gasteiger charge is 2.33. The number of carboxylic acid groups (broad SMARTS) is 1. The molecule has 0 spiro atoms. The van der Waals surface area contributed by atoms with Gasteiger partial charge in [0.05, 0.1) is 16.9 Å². The van der Waals surface area contributed by atoms with Crippen molar-refractivity contribution in [2.45, 2.75) is 65.5 Å². The van der Waals surface area contributed by atoms with Gasteiger partial charge in [-0.15, -0.1) is 0 Å². The Morgan fingerprint density at radius 1 is 1.21 bits per heavy atom. The summed E-state index contributed by atoms with van der Waals surface area (Å²) in [5, 5.41) is 17.2. The lowest BCUT2D eigenvalue weighted by Crippen LogP contribution is -2.41. The normalized spacial score (nSPS) is 19.2. The molecule has 4 heterocycles. The maximum Gasteiger partial charge on any atom is 0.413 e. The molecule has 1 aliphatic rings. The topological polar surface area (TPSA) is 90.3 Å². The average Bonchev–Trinajstić information content (AvgIpc) is 3.55. The first-order valence-electron chi connectivity index (χ1n) is 14.1. The fourth-order valence-electron chi connectivity index (χ4n) is 5.90. The van der Waals surface area contributed by atoms with Gasteiger partial charge in [0.2, 0.25) is 0 Å². The number of carbonyl (C=O) groups is 1. The number of H-pyrrole nitrogens is 1. The van der Waals surface area contributed by atoms with Crippen LogP contribution in [-0.4, -0.2) is 55.5 Å². The molecule has 1 aliphatic heterocycles. The number of nitrogens with one attached hydrogen (secondary N) is 1. The number of nitrogens with zero attached hydrogens (tertiary/aromatic N) is 5. The van der Waals surface area contributed by atoms with Crippen LogP contribution in [0, 0.1) is 11.8 Å². The summed E-state index contributed by atoms with van der Waals surface area (Å²) < 4.78 is 2.12. The number of likely N-dealkylation sites (tertiary alicyclic amines) is 1. The van der Waals surface area contributed by atoms with Gasteiger partial charge in [0.25, 0.3) is 0 Å². The second-order valence-corrected chi connectivity index (χ2v) is 10.9. The Balaban J connectivity index is 1.56. The fourth-order valence-corrected chi connectivity index (χ4v) is 5.90. The summed E-state index contributed by atoms with van der Waals surface area (Å²) in [7, 11) is 0. The maximum atomic E-state index is 12.6. The highest BCUT2D eigenvalue weighted by atomic mass is 16.4. The van der Waals surface area contributed by atoms with Gasteiger partial charge in [-0.05, 0) is 42.9 Å². The number of fused-ring (bicyclic) bond motifs is 3. The number of amides is 1. The number of aromatic nitrogens is 4. The third kappa shape index (κ3) is 5.27. The molecule has 0 saturated carbocycles. The van der Waals surface area contributed by atoms with E-state index in [9.17, 15) is 9.90 Å². The van der Waals surface area contributed by atoms with Gasteiger partial charge in [0.15, 0.2) is 5.82 Å². The Bertz CT molecular complexity index is 1360. The largest absolute Gasteiger partial charge is 0.465 e. The minimum absolute atomic E-state index is 0.127. The molecule has 1 amide bonds. The van der Waals surface area contributed by atoms with Crippen LogP contribution in [0.2, 0.25) is 0 Å². The van der Waals surface area contributed by atoms with E-state index in [0.717, 1.165) is 73.7 Å². The van der Waals surface area contributed by atoms with Crippen LogP contribution in [0.4, 0.5) is 10.6 Å². The molecular weight excluding hydrogens is 476 g/mol. The van der Waals surface area contributed by atoms with Gasteiger partial charge in [0.1, 0.15) is 5.65 Å². The molecule has 0 unspecified atom stereocenters. The molecule has 3 atom stereocenters. The van der Waals surface area contributed by atoms with E-state index in [2.05, 4.69) is 70.7 Å². The number of hydrogen-bond donors (Lipinski definition) is 2. The quantitative estimate of drug-likeness (QED) is 0.245. The van der Waals surface area contributed by atoms with Gasteiger partial charge in [-0.1, -0.05) is 70.4 Å². The van der Waals surface area contributed by atoms with Crippen LogP contribution < -0.4 is 4.90 Å². The first-order chi connectivity index (χ1) is 18.5. The maximum absolute atomic E-state index is 12.6. The molecule has 1 aromatic carbocycles. The van der Waals surface area contributed by atoms with Gasteiger partial charge >= 0.3 is 6.09 Å². The van der Waals surface area contributed by atoms with E-state index < -0.39 is 6.09 Å². The van der Waals surface area contributed by atoms with Crippen LogP contribution in [0.5, 0.6) is 0 Å². The highest BCUT2D eigenvalue weighted by molar-refractivity contribution is 6.09. The molecule has 0 radical (unpaired) electrons. The lowest BCUT2D eigenvalue weighted by molar-refractivity contribution is 0.122. The van der Waals surface area contributed by atoms with Crippen LogP contribution in [0.1, 0.15) is 64.5 Å². The zero-order chi connectivity index (χ0) is 26.6. The summed E-state index contributed by atoms with van der Waals surface area (Å²) >= 11 is 0. The van der Waals surface area contributed by atoms with E-state index in [4.69, 9.17) is 5.10 Å². The first kappa shape index (κ1) is 26.2. The van der Waals surface area contributed by atoms with E-state index in [1.54, 1.807) is 6.20 Å². The van der Waals surface area contributed by atoms with Gasteiger partial charge < -0.3 is 10.1 Å². The summed E-state index contributed by atoms with van der Waals surface area (Å²) in [6.45, 7) is 9.86. The van der Waals surface area contributed by atoms with Gasteiger partial charge in [-0.2, -0.15) is 5.10 Å². The minimum atomic E-state index is -0.955. The standard InChI is InChI=1S/C30H40N6O2/c1-4-6-10-22(5-2)19-35(30(37)38)29-25-17-32-28-24(13-15-31-28)27(25)36(33-29)26-20-34(16-14-21(26)3)18-23-11-8-7-9-12-23/h7-9,11-13,15,17,21-22,26H,4-6,10,14,16,18-20H2,1-3H3,(H,31,32)(H,37,38)/t21-,22-,26-/m0/s1. The Kier molecular flexibility index (Phi) is 7.98. The highest BCUT2D eigenvalue weighted by Crippen LogP contribution is 2.37. The van der Waals surface area contributed by atoms with Crippen LogP contribution in [0.15, 0.2) is 48.8 Å². The monoisotopic (exact) mass is 516 g/mol. The van der Waals surface area contributed by atoms with Crippen molar-refractivity contribution in [1.29, 1.82) is 0 Å². The third-order valence-electron chi connectivity index (χ3n) is 8.27. The second kappa shape index (κ2) is 11.6. The van der Waals surface area contributed by atoms with Crippen LogP contribution in [0.25, 0.3) is 21.9 Å². The van der Waals surface area contributed by atoms with E-state index in [1.165, 1.54) is 10.5 Å². The van der Waals surface area contributed by atoms with E-state index in [-0.39, 0.29) is 6.04 Å². The zero-order valence-electron chi connectivity index (χ0n) is 22.8. The Hall–Kier alpha value is -3.39. The summed E-state index contributed by atoms with van der Waals surface area (Å²) in [5.41, 5.74) is 3.07. The average molecular weight is 517 g/mol. The van der Waals surface area contributed by atoms with Crippen molar-refractivity contribution in [3.63, 3.8) is 0 Å². The summed E-state index contributed by atoms with van der Waals surface area (Å²) in [5.74, 6) is 1.21.